The number of nitrogens with one attached hydrogen (secondary N) is 1. The largest absolute Gasteiger partial charge is 0.478 e. The Morgan fingerprint density at radius 2 is 1.86 bits per heavy atom. The summed E-state index contributed by atoms with van der Waals surface area (Å²) in [5, 5.41) is 11.7. The number of carbonyl (C=O) groups excluding carboxylic acids is 1. The Kier molecular flexibility index (Phi) is 5.12. The van der Waals surface area contributed by atoms with E-state index in [4.69, 9.17) is 5.11 Å². The third-order valence-corrected chi connectivity index (χ3v) is 3.49. The molecule has 2 rings (SSSR count). The number of para-hydroxylation sites is 1. The van der Waals surface area contributed by atoms with E-state index < -0.39 is 5.97 Å². The number of carbonyl (C=O) groups is 2. The minimum Gasteiger partial charge on any atom is -0.478 e. The van der Waals surface area contributed by atoms with Crippen LogP contribution in [-0.2, 0) is 4.79 Å². The first kappa shape index (κ1) is 16.0. The number of anilines is 1. The van der Waals surface area contributed by atoms with E-state index in [1.807, 2.05) is 24.3 Å². The third-order valence-electron chi connectivity index (χ3n) is 3.00. The molecule has 0 aliphatic rings. The van der Waals surface area contributed by atoms with Crippen molar-refractivity contribution < 1.29 is 14.7 Å². The lowest BCUT2D eigenvalue weighted by atomic mass is 10.1. The Morgan fingerprint density at radius 3 is 2.55 bits per heavy atom. The molecule has 112 valence electrons. The predicted molar refractivity (Wildman–Crippen MR) is 89.8 cm³/mol. The van der Waals surface area contributed by atoms with Gasteiger partial charge in [-0.3, -0.25) is 4.79 Å². The molecule has 0 spiro atoms. The molecule has 5 heteroatoms. The fourth-order valence-electron chi connectivity index (χ4n) is 1.91. The number of benzene rings is 2. The van der Waals surface area contributed by atoms with Crippen molar-refractivity contribution in [3.8, 4) is 0 Å². The highest BCUT2D eigenvalue weighted by molar-refractivity contribution is 9.10. The molecular weight excluding hydrogens is 346 g/mol. The van der Waals surface area contributed by atoms with Crippen molar-refractivity contribution >= 4 is 39.6 Å². The lowest BCUT2D eigenvalue weighted by molar-refractivity contribution is -0.112. The number of carboxylic acids is 1. The van der Waals surface area contributed by atoms with Gasteiger partial charge in [-0.15, -0.1) is 0 Å². The van der Waals surface area contributed by atoms with Crippen LogP contribution in [0.3, 0.4) is 0 Å². The highest BCUT2D eigenvalue weighted by atomic mass is 79.9. The number of carboxylic acid groups (broad SMARTS) is 1. The summed E-state index contributed by atoms with van der Waals surface area (Å²) < 4.78 is 0.922. The predicted octanol–water partition coefficient (Wildman–Crippen LogP) is 4.19. The van der Waals surface area contributed by atoms with Gasteiger partial charge in [-0.05, 0) is 42.8 Å². The number of halogens is 1. The molecule has 0 aromatic heterocycles. The van der Waals surface area contributed by atoms with Gasteiger partial charge in [-0.2, -0.15) is 0 Å². The molecule has 2 aromatic rings. The summed E-state index contributed by atoms with van der Waals surface area (Å²) in [7, 11) is 0. The molecule has 0 saturated carbocycles. The standard InChI is InChI=1S/C17H14BrNO3/c1-11(9-12-5-4-6-13(18)10-12)16(20)19-15-8-3-2-7-14(15)17(21)22/h2-10H,1H3,(H,19,20)(H,21,22)/b11-9+. The first-order valence-corrected chi connectivity index (χ1v) is 7.34. The minimum atomic E-state index is -1.08. The van der Waals surface area contributed by atoms with Crippen LogP contribution in [0.1, 0.15) is 22.8 Å². The summed E-state index contributed by atoms with van der Waals surface area (Å²) in [4.78, 5) is 23.3. The topological polar surface area (TPSA) is 66.4 Å². The summed E-state index contributed by atoms with van der Waals surface area (Å²) in [5.41, 5.74) is 1.71. The number of hydrogen-bond donors (Lipinski definition) is 2. The molecule has 0 saturated heterocycles. The molecular formula is C17H14BrNO3. The van der Waals surface area contributed by atoms with E-state index >= 15 is 0 Å². The Hall–Kier alpha value is -2.40. The summed E-state index contributed by atoms with van der Waals surface area (Å²) in [6.07, 6.45) is 1.74. The number of aromatic carboxylic acids is 1. The van der Waals surface area contributed by atoms with Gasteiger partial charge in [-0.1, -0.05) is 40.2 Å². The zero-order valence-electron chi connectivity index (χ0n) is 11.8. The van der Waals surface area contributed by atoms with Crippen LogP contribution in [-0.4, -0.2) is 17.0 Å². The average Bonchev–Trinajstić information content (AvgIpc) is 2.47. The van der Waals surface area contributed by atoms with E-state index in [1.54, 1.807) is 31.2 Å². The van der Waals surface area contributed by atoms with Crippen molar-refractivity contribution in [2.45, 2.75) is 6.92 Å². The molecule has 0 aliphatic heterocycles. The number of hydrogen-bond acceptors (Lipinski definition) is 2. The van der Waals surface area contributed by atoms with Crippen molar-refractivity contribution in [2.75, 3.05) is 5.32 Å². The second-order valence-electron chi connectivity index (χ2n) is 4.69. The highest BCUT2D eigenvalue weighted by Crippen LogP contribution is 2.18. The highest BCUT2D eigenvalue weighted by Gasteiger charge is 2.12. The van der Waals surface area contributed by atoms with Crippen LogP contribution in [0, 0.1) is 0 Å². The Bertz CT molecular complexity index is 753. The van der Waals surface area contributed by atoms with Crippen molar-refractivity contribution in [1.82, 2.24) is 0 Å². The van der Waals surface area contributed by atoms with Crippen LogP contribution in [0.25, 0.3) is 6.08 Å². The van der Waals surface area contributed by atoms with Crippen LogP contribution in [0.5, 0.6) is 0 Å². The molecule has 0 radical (unpaired) electrons. The first-order chi connectivity index (χ1) is 10.5. The maximum Gasteiger partial charge on any atom is 0.337 e. The number of rotatable bonds is 4. The van der Waals surface area contributed by atoms with Gasteiger partial charge in [0.2, 0.25) is 0 Å². The molecule has 0 atom stereocenters. The quantitative estimate of drug-likeness (QED) is 0.804. The lowest BCUT2D eigenvalue weighted by Gasteiger charge is -2.08. The van der Waals surface area contributed by atoms with Crippen molar-refractivity contribution in [1.29, 1.82) is 0 Å². The van der Waals surface area contributed by atoms with Gasteiger partial charge < -0.3 is 10.4 Å². The zero-order valence-corrected chi connectivity index (χ0v) is 13.4. The van der Waals surface area contributed by atoms with Crippen LogP contribution >= 0.6 is 15.9 Å². The smallest absolute Gasteiger partial charge is 0.337 e. The van der Waals surface area contributed by atoms with Gasteiger partial charge in [0.1, 0.15) is 0 Å². The monoisotopic (exact) mass is 359 g/mol. The molecule has 0 heterocycles. The fraction of sp³-hybridized carbons (Fsp3) is 0.0588. The Morgan fingerprint density at radius 1 is 1.14 bits per heavy atom. The normalized spacial score (nSPS) is 11.1. The van der Waals surface area contributed by atoms with E-state index in [0.29, 0.717) is 5.57 Å². The Balaban J connectivity index is 2.20. The average molecular weight is 360 g/mol. The van der Waals surface area contributed by atoms with Gasteiger partial charge >= 0.3 is 5.97 Å². The van der Waals surface area contributed by atoms with E-state index in [2.05, 4.69) is 21.2 Å². The van der Waals surface area contributed by atoms with Crippen LogP contribution in [0.15, 0.2) is 58.6 Å². The van der Waals surface area contributed by atoms with E-state index in [1.165, 1.54) is 6.07 Å². The summed E-state index contributed by atoms with van der Waals surface area (Å²) in [6, 6.07) is 13.9. The van der Waals surface area contributed by atoms with Gasteiger partial charge in [0, 0.05) is 10.0 Å². The first-order valence-electron chi connectivity index (χ1n) is 6.55. The lowest BCUT2D eigenvalue weighted by Crippen LogP contribution is -2.15. The van der Waals surface area contributed by atoms with Gasteiger partial charge in [0.05, 0.1) is 11.3 Å². The molecule has 2 N–H and O–H groups in total. The zero-order chi connectivity index (χ0) is 16.1. The maximum absolute atomic E-state index is 12.2. The van der Waals surface area contributed by atoms with E-state index in [0.717, 1.165) is 10.0 Å². The van der Waals surface area contributed by atoms with Crippen LogP contribution in [0.4, 0.5) is 5.69 Å². The number of amides is 1. The summed E-state index contributed by atoms with van der Waals surface area (Å²) in [5.74, 6) is -1.42. The van der Waals surface area contributed by atoms with Gasteiger partial charge in [0.25, 0.3) is 5.91 Å². The molecule has 1 amide bonds. The van der Waals surface area contributed by atoms with Crippen molar-refractivity contribution in [3.63, 3.8) is 0 Å². The van der Waals surface area contributed by atoms with Crippen molar-refractivity contribution in [2.24, 2.45) is 0 Å². The molecule has 0 aliphatic carbocycles. The molecule has 0 unspecified atom stereocenters. The summed E-state index contributed by atoms with van der Waals surface area (Å²) in [6.45, 7) is 1.68. The van der Waals surface area contributed by atoms with Crippen molar-refractivity contribution in [3.05, 3.63) is 69.7 Å². The molecule has 22 heavy (non-hydrogen) atoms. The molecule has 0 fully saturated rings. The van der Waals surface area contributed by atoms with Gasteiger partial charge in [-0.25, -0.2) is 4.79 Å². The van der Waals surface area contributed by atoms with Gasteiger partial charge in [0.15, 0.2) is 0 Å². The van der Waals surface area contributed by atoms with Crippen LogP contribution < -0.4 is 5.32 Å². The van der Waals surface area contributed by atoms with E-state index in [-0.39, 0.29) is 17.2 Å². The third kappa shape index (κ3) is 4.05. The van der Waals surface area contributed by atoms with Crippen LogP contribution in [0.2, 0.25) is 0 Å². The fourth-order valence-corrected chi connectivity index (χ4v) is 2.33. The van der Waals surface area contributed by atoms with E-state index in [9.17, 15) is 9.59 Å². The second kappa shape index (κ2) is 7.04. The molecule has 2 aromatic carbocycles. The minimum absolute atomic E-state index is 0.0612. The SMILES string of the molecule is C/C(=C\c1cccc(Br)c1)C(=O)Nc1ccccc1C(=O)O. The summed E-state index contributed by atoms with van der Waals surface area (Å²) >= 11 is 3.37. The second-order valence-corrected chi connectivity index (χ2v) is 5.60. The Labute approximate surface area is 136 Å². The maximum atomic E-state index is 12.2. The molecule has 0 bridgehead atoms. The molecule has 4 nitrogen and oxygen atoms in total.